The van der Waals surface area contributed by atoms with Gasteiger partial charge in [0, 0.05) is 5.56 Å². The molecule has 0 fully saturated rings. The van der Waals surface area contributed by atoms with Crippen LogP contribution < -0.4 is 0 Å². The minimum absolute atomic E-state index is 0.202. The molecule has 0 amide bonds. The fraction of sp³-hybridized carbons (Fsp3) is 0.267. The van der Waals surface area contributed by atoms with E-state index in [1.807, 2.05) is 62.4 Å². The maximum absolute atomic E-state index is 12.3. The van der Waals surface area contributed by atoms with Crippen LogP contribution in [0.1, 0.15) is 29.3 Å². The first kappa shape index (κ1) is 10.9. The minimum Gasteiger partial charge on any atom is -0.293 e. The van der Waals surface area contributed by atoms with Crippen molar-refractivity contribution in [1.29, 1.82) is 0 Å². The molecule has 2 rings (SSSR count). The van der Waals surface area contributed by atoms with E-state index in [1.165, 1.54) is 5.56 Å². The fourth-order valence-electron chi connectivity index (χ4n) is 1.93. The van der Waals surface area contributed by atoms with Crippen LogP contribution >= 0.6 is 0 Å². The SMILES string of the molecule is Cc1ccc(C(=O)C2(C)C=CC=CC2)cc1. The Bertz CT molecular complexity index is 451. The molecule has 1 atom stereocenters. The number of carbonyl (C=O) groups excluding carboxylic acids is 1. The molecule has 82 valence electrons. The van der Waals surface area contributed by atoms with Gasteiger partial charge < -0.3 is 0 Å². The van der Waals surface area contributed by atoms with Crippen molar-refractivity contribution in [2.24, 2.45) is 5.41 Å². The Morgan fingerprint density at radius 3 is 2.44 bits per heavy atom. The van der Waals surface area contributed by atoms with Crippen molar-refractivity contribution in [2.45, 2.75) is 20.3 Å². The standard InChI is InChI=1S/C15H16O/c1-12-6-8-13(9-7-12)14(16)15(2)10-4-3-5-11-15/h3-10H,11H2,1-2H3. The van der Waals surface area contributed by atoms with E-state index >= 15 is 0 Å². The van der Waals surface area contributed by atoms with Crippen LogP contribution in [-0.4, -0.2) is 5.78 Å². The van der Waals surface area contributed by atoms with Crippen LogP contribution in [0.3, 0.4) is 0 Å². The second kappa shape index (κ2) is 4.09. The Labute approximate surface area is 96.5 Å². The maximum atomic E-state index is 12.3. The van der Waals surface area contributed by atoms with Gasteiger partial charge in [0.2, 0.25) is 0 Å². The molecule has 0 saturated carbocycles. The summed E-state index contributed by atoms with van der Waals surface area (Å²) in [5, 5.41) is 0. The van der Waals surface area contributed by atoms with Gasteiger partial charge in [0.25, 0.3) is 0 Å². The molecule has 1 nitrogen and oxygen atoms in total. The molecule has 1 aliphatic rings. The van der Waals surface area contributed by atoms with Gasteiger partial charge in [0.1, 0.15) is 0 Å². The van der Waals surface area contributed by atoms with Crippen LogP contribution in [0, 0.1) is 12.3 Å². The van der Waals surface area contributed by atoms with Gasteiger partial charge >= 0.3 is 0 Å². The Morgan fingerprint density at radius 1 is 1.19 bits per heavy atom. The first-order valence-corrected chi connectivity index (χ1v) is 5.58. The van der Waals surface area contributed by atoms with Crippen LogP contribution in [0.25, 0.3) is 0 Å². The van der Waals surface area contributed by atoms with Gasteiger partial charge in [-0.3, -0.25) is 4.79 Å². The van der Waals surface area contributed by atoms with Gasteiger partial charge in [-0.05, 0) is 20.3 Å². The van der Waals surface area contributed by atoms with Gasteiger partial charge in [-0.2, -0.15) is 0 Å². The molecule has 1 unspecified atom stereocenters. The van der Waals surface area contributed by atoms with Crippen LogP contribution in [0.15, 0.2) is 48.6 Å². The average molecular weight is 212 g/mol. The Hall–Kier alpha value is -1.63. The molecule has 0 bridgehead atoms. The van der Waals surface area contributed by atoms with Gasteiger partial charge in [0.15, 0.2) is 5.78 Å². The summed E-state index contributed by atoms with van der Waals surface area (Å²) in [5.74, 6) is 0.202. The van der Waals surface area contributed by atoms with Gasteiger partial charge in [-0.1, -0.05) is 54.1 Å². The van der Waals surface area contributed by atoms with Gasteiger partial charge in [0.05, 0.1) is 5.41 Å². The topological polar surface area (TPSA) is 17.1 Å². The normalized spacial score (nSPS) is 23.4. The maximum Gasteiger partial charge on any atom is 0.172 e. The summed E-state index contributed by atoms with van der Waals surface area (Å²) in [6, 6.07) is 7.79. The van der Waals surface area contributed by atoms with E-state index in [2.05, 4.69) is 0 Å². The number of aryl methyl sites for hydroxylation is 1. The van der Waals surface area contributed by atoms with E-state index in [4.69, 9.17) is 0 Å². The molecule has 0 saturated heterocycles. The molecular formula is C15H16O. The van der Waals surface area contributed by atoms with Crippen LogP contribution in [0.5, 0.6) is 0 Å². The van der Waals surface area contributed by atoms with Crippen molar-refractivity contribution in [2.75, 3.05) is 0 Å². The molecule has 0 heterocycles. The fourth-order valence-corrected chi connectivity index (χ4v) is 1.93. The average Bonchev–Trinajstić information content (AvgIpc) is 2.30. The van der Waals surface area contributed by atoms with Crippen molar-refractivity contribution in [1.82, 2.24) is 0 Å². The number of hydrogen-bond donors (Lipinski definition) is 0. The Morgan fingerprint density at radius 2 is 1.88 bits per heavy atom. The van der Waals surface area contributed by atoms with Crippen molar-refractivity contribution in [3.63, 3.8) is 0 Å². The lowest BCUT2D eigenvalue weighted by Crippen LogP contribution is -2.26. The number of Topliss-reactive ketones (excluding diaryl/α,β-unsaturated/α-hetero) is 1. The zero-order chi connectivity index (χ0) is 11.6. The third kappa shape index (κ3) is 1.99. The molecule has 0 spiro atoms. The summed E-state index contributed by atoms with van der Waals surface area (Å²) >= 11 is 0. The predicted octanol–water partition coefficient (Wildman–Crippen LogP) is 3.70. The first-order valence-electron chi connectivity index (χ1n) is 5.58. The number of allylic oxidation sites excluding steroid dienone is 4. The summed E-state index contributed by atoms with van der Waals surface area (Å²) in [6.45, 7) is 4.02. The van der Waals surface area contributed by atoms with Gasteiger partial charge in [-0.15, -0.1) is 0 Å². The number of benzene rings is 1. The second-order valence-corrected chi connectivity index (χ2v) is 4.60. The van der Waals surface area contributed by atoms with Crippen molar-refractivity contribution >= 4 is 5.78 Å². The monoisotopic (exact) mass is 212 g/mol. The molecule has 1 heteroatoms. The summed E-state index contributed by atoms with van der Waals surface area (Å²) in [6.07, 6.45) is 8.78. The quantitative estimate of drug-likeness (QED) is 0.683. The highest BCUT2D eigenvalue weighted by Gasteiger charge is 2.30. The van der Waals surface area contributed by atoms with Crippen molar-refractivity contribution in [3.05, 3.63) is 59.7 Å². The number of ketones is 1. The molecule has 0 aromatic heterocycles. The second-order valence-electron chi connectivity index (χ2n) is 4.60. The van der Waals surface area contributed by atoms with Crippen LogP contribution in [0.2, 0.25) is 0 Å². The molecular weight excluding hydrogens is 196 g/mol. The molecule has 0 aliphatic heterocycles. The number of carbonyl (C=O) groups is 1. The smallest absolute Gasteiger partial charge is 0.172 e. The van der Waals surface area contributed by atoms with E-state index in [0.29, 0.717) is 0 Å². The highest BCUT2D eigenvalue weighted by atomic mass is 16.1. The first-order chi connectivity index (χ1) is 7.62. The number of rotatable bonds is 2. The number of hydrogen-bond acceptors (Lipinski definition) is 1. The predicted molar refractivity (Wildman–Crippen MR) is 66.5 cm³/mol. The lowest BCUT2D eigenvalue weighted by Gasteiger charge is -2.24. The zero-order valence-electron chi connectivity index (χ0n) is 9.73. The van der Waals surface area contributed by atoms with Crippen LogP contribution in [0.4, 0.5) is 0 Å². The van der Waals surface area contributed by atoms with E-state index in [9.17, 15) is 4.79 Å². The summed E-state index contributed by atoms with van der Waals surface area (Å²) < 4.78 is 0. The lowest BCUT2D eigenvalue weighted by atomic mass is 9.77. The third-order valence-electron chi connectivity index (χ3n) is 3.09. The van der Waals surface area contributed by atoms with Crippen LogP contribution in [-0.2, 0) is 0 Å². The van der Waals surface area contributed by atoms with E-state index < -0.39 is 0 Å². The summed E-state index contributed by atoms with van der Waals surface area (Å²) in [5.41, 5.74) is 1.61. The molecule has 1 aliphatic carbocycles. The minimum atomic E-state index is -0.371. The molecule has 0 radical (unpaired) electrons. The van der Waals surface area contributed by atoms with Crippen molar-refractivity contribution < 1.29 is 4.79 Å². The summed E-state index contributed by atoms with van der Waals surface area (Å²) in [4.78, 5) is 12.3. The Kier molecular flexibility index (Phi) is 2.78. The zero-order valence-corrected chi connectivity index (χ0v) is 9.73. The van der Waals surface area contributed by atoms with Gasteiger partial charge in [-0.25, -0.2) is 0 Å². The summed E-state index contributed by atoms with van der Waals surface area (Å²) in [7, 11) is 0. The third-order valence-corrected chi connectivity index (χ3v) is 3.09. The van der Waals surface area contributed by atoms with Crippen molar-refractivity contribution in [3.8, 4) is 0 Å². The molecule has 1 aromatic rings. The Balaban J connectivity index is 2.28. The molecule has 1 aromatic carbocycles. The van der Waals surface area contributed by atoms with E-state index in [0.717, 1.165) is 12.0 Å². The van der Waals surface area contributed by atoms with E-state index in [1.54, 1.807) is 0 Å². The largest absolute Gasteiger partial charge is 0.293 e. The molecule has 16 heavy (non-hydrogen) atoms. The highest BCUT2D eigenvalue weighted by molar-refractivity contribution is 6.01. The lowest BCUT2D eigenvalue weighted by molar-refractivity contribution is 0.0870. The molecule has 0 N–H and O–H groups in total. The van der Waals surface area contributed by atoms with E-state index in [-0.39, 0.29) is 11.2 Å². The highest BCUT2D eigenvalue weighted by Crippen LogP contribution is 2.31.